The van der Waals surface area contributed by atoms with Gasteiger partial charge in [0.25, 0.3) is 5.91 Å². The molecule has 0 aliphatic carbocycles. The Morgan fingerprint density at radius 2 is 1.77 bits per heavy atom. The van der Waals surface area contributed by atoms with Gasteiger partial charge in [-0.2, -0.15) is 0 Å². The highest BCUT2D eigenvalue weighted by Crippen LogP contribution is 2.24. The van der Waals surface area contributed by atoms with Crippen molar-refractivity contribution in [3.05, 3.63) is 89.1 Å². The van der Waals surface area contributed by atoms with Gasteiger partial charge in [-0.25, -0.2) is 13.4 Å². The van der Waals surface area contributed by atoms with E-state index in [1.54, 1.807) is 66.5 Å². The lowest BCUT2D eigenvalue weighted by atomic mass is 10.1. The number of amides is 1. The van der Waals surface area contributed by atoms with Crippen molar-refractivity contribution in [2.75, 3.05) is 22.9 Å². The molecule has 0 aliphatic heterocycles. The number of hydrogen-bond donors (Lipinski definition) is 1. The number of carbonyl (C=O) groups excluding carboxylic acids is 1. The molecule has 9 heteroatoms. The number of nitrogens with one attached hydrogen (secondary N) is 1. The fraction of sp³-hybridized carbons (Fsp3) is 0.182. The molecule has 0 fully saturated rings. The second-order valence-electron chi connectivity index (χ2n) is 6.68. The number of nitrogens with zero attached hydrogens (tertiary/aromatic N) is 2. The molecule has 31 heavy (non-hydrogen) atoms. The van der Waals surface area contributed by atoms with Crippen molar-refractivity contribution in [1.82, 2.24) is 10.3 Å². The first-order valence-electron chi connectivity index (χ1n) is 9.48. The molecular formula is C22H22ClN3O3S2. The van der Waals surface area contributed by atoms with Crippen LogP contribution in [0.3, 0.4) is 0 Å². The van der Waals surface area contributed by atoms with Gasteiger partial charge in [-0.1, -0.05) is 35.9 Å². The molecular weight excluding hydrogens is 454 g/mol. The fourth-order valence-corrected chi connectivity index (χ4v) is 4.61. The lowest BCUT2D eigenvalue weighted by Crippen LogP contribution is -2.29. The SMILES string of the molecule is CS(=O)(=O)N(Cc1ccccc1Cl)c1ccc(C(=O)NCCSc2ccccn2)cc1. The number of benzene rings is 2. The standard InChI is InChI=1S/C22H22ClN3O3S2/c1-31(28,29)26(16-18-6-2-3-7-20(18)23)19-11-9-17(10-12-19)22(27)25-14-15-30-21-8-4-5-13-24-21/h2-13H,14-16H2,1H3,(H,25,27). The number of carbonyl (C=O) groups is 1. The predicted molar refractivity (Wildman–Crippen MR) is 126 cm³/mol. The lowest BCUT2D eigenvalue weighted by Gasteiger charge is -2.23. The van der Waals surface area contributed by atoms with Crippen LogP contribution in [0.5, 0.6) is 0 Å². The van der Waals surface area contributed by atoms with Crippen LogP contribution in [-0.2, 0) is 16.6 Å². The number of anilines is 1. The van der Waals surface area contributed by atoms with E-state index < -0.39 is 10.0 Å². The maximum absolute atomic E-state index is 12.4. The normalized spacial score (nSPS) is 11.2. The van der Waals surface area contributed by atoms with E-state index in [9.17, 15) is 13.2 Å². The van der Waals surface area contributed by atoms with Crippen molar-refractivity contribution < 1.29 is 13.2 Å². The molecule has 3 rings (SSSR count). The number of sulfonamides is 1. The summed E-state index contributed by atoms with van der Waals surface area (Å²) in [7, 11) is -3.54. The van der Waals surface area contributed by atoms with Gasteiger partial charge in [-0.15, -0.1) is 11.8 Å². The molecule has 1 amide bonds. The maximum atomic E-state index is 12.4. The molecule has 3 aromatic rings. The molecule has 0 unspecified atom stereocenters. The molecule has 1 aromatic heterocycles. The van der Waals surface area contributed by atoms with Gasteiger partial charge >= 0.3 is 0 Å². The molecule has 0 aliphatic rings. The number of thioether (sulfide) groups is 1. The third-order valence-corrected chi connectivity index (χ3v) is 6.82. The molecule has 1 N–H and O–H groups in total. The monoisotopic (exact) mass is 475 g/mol. The van der Waals surface area contributed by atoms with Gasteiger partial charge in [0.2, 0.25) is 10.0 Å². The van der Waals surface area contributed by atoms with Crippen LogP contribution in [0.15, 0.2) is 78.0 Å². The van der Waals surface area contributed by atoms with E-state index in [-0.39, 0.29) is 12.5 Å². The van der Waals surface area contributed by atoms with Gasteiger partial charge in [0.15, 0.2) is 0 Å². The average Bonchev–Trinajstić information content (AvgIpc) is 2.76. The molecule has 162 valence electrons. The highest BCUT2D eigenvalue weighted by atomic mass is 35.5. The second-order valence-corrected chi connectivity index (χ2v) is 10.1. The van der Waals surface area contributed by atoms with Gasteiger partial charge in [-0.3, -0.25) is 9.10 Å². The van der Waals surface area contributed by atoms with Crippen molar-refractivity contribution in [2.24, 2.45) is 0 Å². The Labute approximate surface area is 191 Å². The Morgan fingerprint density at radius 3 is 2.42 bits per heavy atom. The first kappa shape index (κ1) is 23.1. The largest absolute Gasteiger partial charge is 0.351 e. The third-order valence-electron chi connectivity index (χ3n) is 4.36. The van der Waals surface area contributed by atoms with E-state index >= 15 is 0 Å². The van der Waals surface area contributed by atoms with E-state index in [2.05, 4.69) is 10.3 Å². The van der Waals surface area contributed by atoms with Crippen LogP contribution >= 0.6 is 23.4 Å². The highest BCUT2D eigenvalue weighted by Gasteiger charge is 2.19. The molecule has 0 saturated carbocycles. The average molecular weight is 476 g/mol. The molecule has 0 radical (unpaired) electrons. The summed E-state index contributed by atoms with van der Waals surface area (Å²) in [4.78, 5) is 16.6. The van der Waals surface area contributed by atoms with E-state index in [1.165, 1.54) is 4.31 Å². The number of pyridine rings is 1. The van der Waals surface area contributed by atoms with Gasteiger partial charge in [-0.05, 0) is 48.0 Å². The quantitative estimate of drug-likeness (QED) is 0.370. The zero-order valence-corrected chi connectivity index (χ0v) is 19.3. The van der Waals surface area contributed by atoms with Crippen LogP contribution in [0.25, 0.3) is 0 Å². The van der Waals surface area contributed by atoms with Gasteiger partial charge in [0, 0.05) is 29.1 Å². The summed E-state index contributed by atoms with van der Waals surface area (Å²) in [5.41, 5.74) is 1.62. The summed E-state index contributed by atoms with van der Waals surface area (Å²) < 4.78 is 26.0. The number of rotatable bonds is 9. The minimum absolute atomic E-state index is 0.106. The molecule has 1 heterocycles. The van der Waals surface area contributed by atoms with Gasteiger partial charge in [0.05, 0.1) is 23.5 Å². The maximum Gasteiger partial charge on any atom is 0.251 e. The molecule has 0 bridgehead atoms. The second kappa shape index (κ2) is 10.7. The Balaban J connectivity index is 1.62. The van der Waals surface area contributed by atoms with Crippen LogP contribution in [0.4, 0.5) is 5.69 Å². The third kappa shape index (κ3) is 6.72. The van der Waals surface area contributed by atoms with Crippen molar-refractivity contribution in [1.29, 1.82) is 0 Å². The zero-order valence-electron chi connectivity index (χ0n) is 16.9. The Kier molecular flexibility index (Phi) is 7.95. The summed E-state index contributed by atoms with van der Waals surface area (Å²) in [5, 5.41) is 4.26. The predicted octanol–water partition coefficient (Wildman–Crippen LogP) is 4.22. The summed E-state index contributed by atoms with van der Waals surface area (Å²) in [6.07, 6.45) is 2.87. The first-order chi connectivity index (χ1) is 14.8. The van der Waals surface area contributed by atoms with Gasteiger partial charge in [0.1, 0.15) is 0 Å². The van der Waals surface area contributed by atoms with Crippen molar-refractivity contribution in [2.45, 2.75) is 11.6 Å². The van der Waals surface area contributed by atoms with Crippen LogP contribution in [0.2, 0.25) is 5.02 Å². The number of hydrogen-bond acceptors (Lipinski definition) is 5. The molecule has 0 atom stereocenters. The Hall–Kier alpha value is -2.55. The number of halogens is 1. The van der Waals surface area contributed by atoms with Crippen LogP contribution in [0.1, 0.15) is 15.9 Å². The van der Waals surface area contributed by atoms with Crippen LogP contribution in [0, 0.1) is 0 Å². The summed E-state index contributed by atoms with van der Waals surface area (Å²) >= 11 is 7.75. The smallest absolute Gasteiger partial charge is 0.251 e. The Morgan fingerprint density at radius 1 is 1.06 bits per heavy atom. The first-order valence-corrected chi connectivity index (χ1v) is 12.7. The van der Waals surface area contributed by atoms with Crippen LogP contribution in [-0.4, -0.2) is 37.9 Å². The van der Waals surface area contributed by atoms with E-state index in [4.69, 9.17) is 11.6 Å². The minimum atomic E-state index is -3.54. The van der Waals surface area contributed by atoms with Crippen molar-refractivity contribution in [3.63, 3.8) is 0 Å². The molecule has 0 spiro atoms. The van der Waals surface area contributed by atoms with Crippen molar-refractivity contribution >= 4 is 45.0 Å². The van der Waals surface area contributed by atoms with Crippen molar-refractivity contribution in [3.8, 4) is 0 Å². The molecule has 6 nitrogen and oxygen atoms in total. The van der Waals surface area contributed by atoms with E-state index in [1.807, 2.05) is 18.2 Å². The molecule has 0 saturated heterocycles. The Bertz CT molecular complexity index is 1120. The summed E-state index contributed by atoms with van der Waals surface area (Å²) in [6.45, 7) is 0.596. The topological polar surface area (TPSA) is 79.4 Å². The number of aromatic nitrogens is 1. The van der Waals surface area contributed by atoms with Crippen LogP contribution < -0.4 is 9.62 Å². The summed E-state index contributed by atoms with van der Waals surface area (Å²) in [6, 6.07) is 19.3. The van der Waals surface area contributed by atoms with E-state index in [0.29, 0.717) is 34.1 Å². The lowest BCUT2D eigenvalue weighted by molar-refractivity contribution is 0.0956. The highest BCUT2D eigenvalue weighted by molar-refractivity contribution is 7.99. The van der Waals surface area contributed by atoms with E-state index in [0.717, 1.165) is 11.3 Å². The minimum Gasteiger partial charge on any atom is -0.351 e. The zero-order chi connectivity index (χ0) is 22.3. The van der Waals surface area contributed by atoms with Gasteiger partial charge < -0.3 is 5.32 Å². The summed E-state index contributed by atoms with van der Waals surface area (Å²) in [5.74, 6) is 0.478. The fourth-order valence-electron chi connectivity index (χ4n) is 2.82. The molecule has 2 aromatic carbocycles.